The molecule has 8 heteroatoms. The molecule has 0 aromatic rings. The normalized spacial score (nSPS) is 28.4. The predicted molar refractivity (Wildman–Crippen MR) is 76.0 cm³/mol. The minimum atomic E-state index is -3.15. The van der Waals surface area contributed by atoms with E-state index in [-0.39, 0.29) is 17.9 Å². The van der Waals surface area contributed by atoms with Gasteiger partial charge in [0.2, 0.25) is 15.9 Å². The fraction of sp³-hybridized carbons (Fsp3) is 0.846. The summed E-state index contributed by atoms with van der Waals surface area (Å²) in [4.78, 5) is 23.0. The van der Waals surface area contributed by atoms with Gasteiger partial charge >= 0.3 is 5.97 Å². The highest BCUT2D eigenvalue weighted by molar-refractivity contribution is 7.88. The van der Waals surface area contributed by atoms with Crippen molar-refractivity contribution in [3.8, 4) is 0 Å². The van der Waals surface area contributed by atoms with Crippen molar-refractivity contribution in [2.24, 2.45) is 11.8 Å². The number of carboxylic acids is 1. The lowest BCUT2D eigenvalue weighted by Crippen LogP contribution is -2.47. The van der Waals surface area contributed by atoms with Crippen LogP contribution in [-0.4, -0.2) is 55.1 Å². The second-order valence-electron chi connectivity index (χ2n) is 5.99. The lowest BCUT2D eigenvalue weighted by molar-refractivity contribution is -0.141. The van der Waals surface area contributed by atoms with Crippen LogP contribution in [0.1, 0.15) is 32.1 Å². The summed E-state index contributed by atoms with van der Waals surface area (Å²) in [5.74, 6) is -1.55. The van der Waals surface area contributed by atoms with E-state index < -0.39 is 21.9 Å². The van der Waals surface area contributed by atoms with E-state index in [1.165, 1.54) is 10.6 Å². The van der Waals surface area contributed by atoms with Crippen LogP contribution >= 0.6 is 0 Å². The summed E-state index contributed by atoms with van der Waals surface area (Å²) in [6.07, 6.45) is 3.98. The fourth-order valence-corrected chi connectivity index (χ4v) is 3.97. The molecule has 0 bridgehead atoms. The Morgan fingerprint density at radius 3 is 2.14 bits per heavy atom. The molecule has 0 spiro atoms. The van der Waals surface area contributed by atoms with Crippen LogP contribution in [0.2, 0.25) is 0 Å². The maximum Gasteiger partial charge on any atom is 0.306 e. The monoisotopic (exact) mass is 318 g/mol. The Bertz CT molecular complexity index is 511. The zero-order chi connectivity index (χ0) is 15.6. The number of sulfonamides is 1. The number of carboxylic acid groups (broad SMARTS) is 1. The second-order valence-corrected chi connectivity index (χ2v) is 7.97. The van der Waals surface area contributed by atoms with Gasteiger partial charge in [-0.25, -0.2) is 12.7 Å². The molecule has 2 rings (SSSR count). The number of nitrogens with zero attached hydrogens (tertiary/aromatic N) is 1. The summed E-state index contributed by atoms with van der Waals surface area (Å²) < 4.78 is 24.2. The summed E-state index contributed by atoms with van der Waals surface area (Å²) in [7, 11) is -3.15. The van der Waals surface area contributed by atoms with E-state index in [1.54, 1.807) is 0 Å². The molecule has 2 N–H and O–H groups in total. The van der Waals surface area contributed by atoms with Crippen LogP contribution in [0.3, 0.4) is 0 Å². The molecule has 2 unspecified atom stereocenters. The van der Waals surface area contributed by atoms with Gasteiger partial charge in [0.15, 0.2) is 0 Å². The van der Waals surface area contributed by atoms with Gasteiger partial charge in [0.1, 0.15) is 0 Å². The van der Waals surface area contributed by atoms with Crippen LogP contribution in [0.5, 0.6) is 0 Å². The van der Waals surface area contributed by atoms with Gasteiger partial charge in [-0.2, -0.15) is 0 Å². The molecular formula is C13H22N2O5S. The number of hydrogen-bond acceptors (Lipinski definition) is 4. The first-order valence-electron chi connectivity index (χ1n) is 7.25. The molecule has 0 radical (unpaired) electrons. The Labute approximate surface area is 124 Å². The van der Waals surface area contributed by atoms with E-state index in [0.717, 1.165) is 0 Å². The molecule has 1 saturated heterocycles. The molecule has 2 fully saturated rings. The van der Waals surface area contributed by atoms with Gasteiger partial charge in [0, 0.05) is 25.0 Å². The molecule has 2 atom stereocenters. The van der Waals surface area contributed by atoms with Gasteiger partial charge in [-0.15, -0.1) is 0 Å². The van der Waals surface area contributed by atoms with Gasteiger partial charge in [-0.3, -0.25) is 9.59 Å². The smallest absolute Gasteiger partial charge is 0.306 e. The third-order valence-electron chi connectivity index (χ3n) is 4.42. The van der Waals surface area contributed by atoms with Crippen molar-refractivity contribution in [1.29, 1.82) is 0 Å². The topological polar surface area (TPSA) is 104 Å². The molecule has 1 aliphatic carbocycles. The van der Waals surface area contributed by atoms with Crippen LogP contribution in [-0.2, 0) is 19.6 Å². The van der Waals surface area contributed by atoms with E-state index in [9.17, 15) is 18.0 Å². The molecular weight excluding hydrogens is 296 g/mol. The fourth-order valence-electron chi connectivity index (χ4n) is 3.09. The zero-order valence-corrected chi connectivity index (χ0v) is 12.9. The van der Waals surface area contributed by atoms with Crippen LogP contribution in [0.4, 0.5) is 0 Å². The summed E-state index contributed by atoms with van der Waals surface area (Å²) in [6.45, 7) is 0.846. The number of hydrogen-bond donors (Lipinski definition) is 2. The molecule has 2 aliphatic rings. The number of carbonyl (C=O) groups excluding carboxylic acids is 1. The number of carbonyl (C=O) groups is 2. The molecule has 21 heavy (non-hydrogen) atoms. The Kier molecular flexibility index (Phi) is 4.88. The molecule has 1 saturated carbocycles. The highest BCUT2D eigenvalue weighted by atomic mass is 32.2. The summed E-state index contributed by atoms with van der Waals surface area (Å²) in [6, 6.07) is -0.0145. The Hall–Kier alpha value is -1.15. The number of amides is 1. The van der Waals surface area contributed by atoms with E-state index in [2.05, 4.69) is 5.32 Å². The van der Waals surface area contributed by atoms with Crippen molar-refractivity contribution in [3.63, 3.8) is 0 Å². The molecule has 120 valence electrons. The van der Waals surface area contributed by atoms with Crippen molar-refractivity contribution in [1.82, 2.24) is 9.62 Å². The second kappa shape index (κ2) is 6.31. The first-order chi connectivity index (χ1) is 9.77. The average Bonchev–Trinajstić information content (AvgIpc) is 2.88. The molecule has 0 aromatic heterocycles. The quantitative estimate of drug-likeness (QED) is 0.761. The third-order valence-corrected chi connectivity index (χ3v) is 5.73. The molecule has 7 nitrogen and oxygen atoms in total. The first-order valence-corrected chi connectivity index (χ1v) is 9.10. The lowest BCUT2D eigenvalue weighted by Gasteiger charge is -2.31. The average molecular weight is 318 g/mol. The first kappa shape index (κ1) is 16.2. The molecule has 1 amide bonds. The highest BCUT2D eigenvalue weighted by Gasteiger charge is 2.35. The Morgan fingerprint density at radius 1 is 1.10 bits per heavy atom. The van der Waals surface area contributed by atoms with Gasteiger partial charge in [0.05, 0.1) is 12.2 Å². The van der Waals surface area contributed by atoms with E-state index >= 15 is 0 Å². The molecule has 1 aliphatic heterocycles. The summed E-state index contributed by atoms with van der Waals surface area (Å²) in [5.41, 5.74) is 0. The van der Waals surface area contributed by atoms with Crippen molar-refractivity contribution >= 4 is 21.9 Å². The van der Waals surface area contributed by atoms with Crippen molar-refractivity contribution in [3.05, 3.63) is 0 Å². The third kappa shape index (κ3) is 4.16. The predicted octanol–water partition coefficient (Wildman–Crippen LogP) is 0.0275. The van der Waals surface area contributed by atoms with E-state index in [1.807, 2.05) is 0 Å². The summed E-state index contributed by atoms with van der Waals surface area (Å²) in [5, 5.41) is 11.9. The lowest BCUT2D eigenvalue weighted by atomic mass is 10.0. The van der Waals surface area contributed by atoms with Crippen molar-refractivity contribution < 1.29 is 23.1 Å². The largest absolute Gasteiger partial charge is 0.481 e. The molecule has 1 heterocycles. The maximum atomic E-state index is 12.1. The SMILES string of the molecule is CS(=O)(=O)N1CCC(NC(=O)C2CCC(C(=O)O)C2)CC1. The van der Waals surface area contributed by atoms with Crippen LogP contribution in [0.25, 0.3) is 0 Å². The number of aliphatic carboxylic acids is 1. The van der Waals surface area contributed by atoms with Crippen molar-refractivity contribution in [2.75, 3.05) is 19.3 Å². The molecule has 0 aromatic carbocycles. The minimum absolute atomic E-state index is 0.0145. The summed E-state index contributed by atoms with van der Waals surface area (Å²) >= 11 is 0. The van der Waals surface area contributed by atoms with Gasteiger partial charge in [-0.1, -0.05) is 0 Å². The van der Waals surface area contributed by atoms with Gasteiger partial charge < -0.3 is 10.4 Å². The van der Waals surface area contributed by atoms with Crippen LogP contribution in [0.15, 0.2) is 0 Å². The van der Waals surface area contributed by atoms with E-state index in [4.69, 9.17) is 5.11 Å². The van der Waals surface area contributed by atoms with Crippen LogP contribution < -0.4 is 5.32 Å². The minimum Gasteiger partial charge on any atom is -0.481 e. The number of rotatable bonds is 4. The standard InChI is InChI=1S/C13H22N2O5S/c1-21(19,20)15-6-4-11(5-7-15)14-12(16)9-2-3-10(8-9)13(17)18/h9-11H,2-8H2,1H3,(H,14,16)(H,17,18). The van der Waals surface area contributed by atoms with E-state index in [0.29, 0.717) is 45.2 Å². The Morgan fingerprint density at radius 2 is 1.67 bits per heavy atom. The van der Waals surface area contributed by atoms with Crippen molar-refractivity contribution in [2.45, 2.75) is 38.1 Å². The van der Waals surface area contributed by atoms with Gasteiger partial charge in [-0.05, 0) is 32.1 Å². The van der Waals surface area contributed by atoms with Gasteiger partial charge in [0.25, 0.3) is 0 Å². The zero-order valence-electron chi connectivity index (χ0n) is 12.1. The maximum absolute atomic E-state index is 12.1. The number of nitrogens with one attached hydrogen (secondary N) is 1. The van der Waals surface area contributed by atoms with Crippen LogP contribution in [0, 0.1) is 11.8 Å². The highest BCUT2D eigenvalue weighted by Crippen LogP contribution is 2.31. The number of piperidine rings is 1. The Balaban J connectivity index is 1.79.